The van der Waals surface area contributed by atoms with Gasteiger partial charge in [-0.1, -0.05) is 32.0 Å². The average Bonchev–Trinajstić information content (AvgIpc) is 3.53. The van der Waals surface area contributed by atoms with E-state index in [4.69, 9.17) is 23.9 Å². The molecule has 1 aliphatic heterocycles. The van der Waals surface area contributed by atoms with Gasteiger partial charge in [-0.25, -0.2) is 4.99 Å². The van der Waals surface area contributed by atoms with Crippen LogP contribution >= 0.6 is 11.3 Å². The highest BCUT2D eigenvalue weighted by atomic mass is 32.1. The van der Waals surface area contributed by atoms with Crippen LogP contribution in [0.25, 0.3) is 11.3 Å². The van der Waals surface area contributed by atoms with Gasteiger partial charge in [-0.2, -0.15) is 0 Å². The van der Waals surface area contributed by atoms with Crippen molar-refractivity contribution in [3.63, 3.8) is 0 Å². The molecule has 1 aromatic heterocycles. The van der Waals surface area contributed by atoms with Crippen LogP contribution in [0.2, 0.25) is 0 Å². The quantitative estimate of drug-likeness (QED) is 0.388. The molecule has 182 valence electrons. The van der Waals surface area contributed by atoms with E-state index in [0.717, 1.165) is 60.6 Å². The molecule has 7 heteroatoms. The Morgan fingerprint density at radius 3 is 2.24 bits per heavy atom. The highest BCUT2D eigenvalue weighted by Gasteiger charge is 2.21. The zero-order valence-corrected chi connectivity index (χ0v) is 21.5. The highest BCUT2D eigenvalue weighted by molar-refractivity contribution is 7.07. The maximum Gasteiger partial charge on any atom is 0.203 e. The fraction of sp³-hybridized carbons (Fsp3) is 0.444. The van der Waals surface area contributed by atoms with Gasteiger partial charge in [-0.3, -0.25) is 0 Å². The van der Waals surface area contributed by atoms with Crippen molar-refractivity contribution in [3.8, 4) is 28.5 Å². The number of hydrogen-bond acceptors (Lipinski definition) is 6. The van der Waals surface area contributed by atoms with Gasteiger partial charge in [0, 0.05) is 17.6 Å². The Morgan fingerprint density at radius 2 is 1.71 bits per heavy atom. The van der Waals surface area contributed by atoms with E-state index in [0.29, 0.717) is 17.2 Å². The standard InChI is InChI=1S/C27H34N2O4S/c1-6-18-10-8-11-19(7-2)25(18)28-27-29(16-21-12-9-13-33-21)22(17-34-27)20-14-23(30-3)26(32-5)24(15-20)31-4/h8,10-11,14-15,17,21H,6-7,9,12-13,16H2,1-5H3. The van der Waals surface area contributed by atoms with Gasteiger partial charge in [0.2, 0.25) is 5.75 Å². The zero-order chi connectivity index (χ0) is 24.1. The van der Waals surface area contributed by atoms with Crippen LogP contribution in [0.3, 0.4) is 0 Å². The summed E-state index contributed by atoms with van der Waals surface area (Å²) in [6.45, 7) is 5.94. The van der Waals surface area contributed by atoms with E-state index in [1.165, 1.54) is 11.1 Å². The van der Waals surface area contributed by atoms with Gasteiger partial charge in [-0.05, 0) is 48.9 Å². The second-order valence-corrected chi connectivity index (χ2v) is 9.14. The van der Waals surface area contributed by atoms with Crippen molar-refractivity contribution in [1.82, 2.24) is 4.57 Å². The normalized spacial score (nSPS) is 16.1. The first-order valence-corrected chi connectivity index (χ1v) is 12.8. The number of para-hydroxylation sites is 1. The van der Waals surface area contributed by atoms with Crippen LogP contribution in [-0.2, 0) is 24.1 Å². The Kier molecular flexibility index (Phi) is 7.95. The lowest BCUT2D eigenvalue weighted by Crippen LogP contribution is -2.24. The molecular weight excluding hydrogens is 448 g/mol. The Hall–Kier alpha value is -2.77. The monoisotopic (exact) mass is 482 g/mol. The Bertz CT molecular complexity index is 1140. The van der Waals surface area contributed by atoms with Crippen molar-refractivity contribution in [1.29, 1.82) is 0 Å². The molecular formula is C27H34N2O4S. The fourth-order valence-corrected chi connectivity index (χ4v) is 5.43. The lowest BCUT2D eigenvalue weighted by atomic mass is 10.0. The maximum absolute atomic E-state index is 6.01. The smallest absolute Gasteiger partial charge is 0.203 e. The van der Waals surface area contributed by atoms with Gasteiger partial charge in [0.25, 0.3) is 0 Å². The first-order chi connectivity index (χ1) is 16.6. The van der Waals surface area contributed by atoms with Crippen molar-refractivity contribution in [2.24, 2.45) is 4.99 Å². The number of aromatic nitrogens is 1. The average molecular weight is 483 g/mol. The molecule has 2 heterocycles. The van der Waals surface area contributed by atoms with Gasteiger partial charge in [-0.15, -0.1) is 11.3 Å². The molecule has 1 unspecified atom stereocenters. The summed E-state index contributed by atoms with van der Waals surface area (Å²) in [5.74, 6) is 1.86. The van der Waals surface area contributed by atoms with E-state index in [2.05, 4.69) is 42.0 Å². The minimum absolute atomic E-state index is 0.182. The van der Waals surface area contributed by atoms with Crippen molar-refractivity contribution in [2.45, 2.75) is 52.2 Å². The predicted octanol–water partition coefficient (Wildman–Crippen LogP) is 5.78. The van der Waals surface area contributed by atoms with Crippen LogP contribution < -0.4 is 19.0 Å². The summed E-state index contributed by atoms with van der Waals surface area (Å²) < 4.78 is 25.1. The largest absolute Gasteiger partial charge is 0.493 e. The number of nitrogens with zero attached hydrogens (tertiary/aromatic N) is 2. The SMILES string of the molecule is CCc1cccc(CC)c1N=c1scc(-c2cc(OC)c(OC)c(OC)c2)n1CC1CCCO1. The number of hydrogen-bond donors (Lipinski definition) is 0. The molecule has 34 heavy (non-hydrogen) atoms. The summed E-state index contributed by atoms with van der Waals surface area (Å²) in [7, 11) is 4.91. The summed E-state index contributed by atoms with van der Waals surface area (Å²) >= 11 is 1.65. The fourth-order valence-electron chi connectivity index (χ4n) is 4.50. The van der Waals surface area contributed by atoms with Gasteiger partial charge in [0.05, 0.1) is 45.4 Å². The van der Waals surface area contributed by atoms with E-state index >= 15 is 0 Å². The Balaban J connectivity index is 1.91. The lowest BCUT2D eigenvalue weighted by Gasteiger charge is -2.17. The van der Waals surface area contributed by atoms with E-state index in [1.54, 1.807) is 32.7 Å². The second kappa shape index (κ2) is 11.1. The molecule has 0 amide bonds. The number of benzene rings is 2. The van der Waals surface area contributed by atoms with Gasteiger partial charge < -0.3 is 23.5 Å². The molecule has 4 rings (SSSR count). The third kappa shape index (κ3) is 4.86. The number of methoxy groups -OCH3 is 3. The Labute approximate surface area is 205 Å². The Morgan fingerprint density at radius 1 is 1.03 bits per heavy atom. The topological polar surface area (TPSA) is 54.2 Å². The molecule has 6 nitrogen and oxygen atoms in total. The van der Waals surface area contributed by atoms with Crippen molar-refractivity contribution >= 4 is 17.0 Å². The summed E-state index contributed by atoms with van der Waals surface area (Å²) in [5.41, 5.74) is 5.68. The number of rotatable bonds is 9. The minimum Gasteiger partial charge on any atom is -0.493 e. The summed E-state index contributed by atoms with van der Waals surface area (Å²) in [6, 6.07) is 10.5. The van der Waals surface area contributed by atoms with Crippen LogP contribution in [0, 0.1) is 0 Å². The van der Waals surface area contributed by atoms with Crippen LogP contribution in [0.15, 0.2) is 40.7 Å². The lowest BCUT2D eigenvalue weighted by molar-refractivity contribution is 0.0968. The first-order valence-electron chi connectivity index (χ1n) is 11.9. The molecule has 0 spiro atoms. The molecule has 0 radical (unpaired) electrons. The van der Waals surface area contributed by atoms with Crippen LogP contribution in [0.4, 0.5) is 5.69 Å². The number of ether oxygens (including phenoxy) is 4. The van der Waals surface area contributed by atoms with Gasteiger partial charge in [0.1, 0.15) is 0 Å². The number of thiazole rings is 1. The van der Waals surface area contributed by atoms with Crippen LogP contribution in [0.5, 0.6) is 17.2 Å². The molecule has 0 aliphatic carbocycles. The van der Waals surface area contributed by atoms with Crippen LogP contribution in [-0.4, -0.2) is 38.6 Å². The highest BCUT2D eigenvalue weighted by Crippen LogP contribution is 2.41. The maximum atomic E-state index is 6.01. The second-order valence-electron chi connectivity index (χ2n) is 8.31. The number of aryl methyl sites for hydroxylation is 2. The van der Waals surface area contributed by atoms with E-state index in [1.807, 2.05) is 12.1 Å². The molecule has 3 aromatic rings. The molecule has 2 aromatic carbocycles. The summed E-state index contributed by atoms with van der Waals surface area (Å²) in [6.07, 6.45) is 4.23. The third-order valence-corrected chi connectivity index (χ3v) is 7.20. The summed E-state index contributed by atoms with van der Waals surface area (Å²) in [4.78, 5) is 6.20. The molecule has 1 saturated heterocycles. The van der Waals surface area contributed by atoms with E-state index < -0.39 is 0 Å². The van der Waals surface area contributed by atoms with Crippen LogP contribution in [0.1, 0.15) is 37.8 Å². The van der Waals surface area contributed by atoms with Gasteiger partial charge in [0.15, 0.2) is 16.3 Å². The zero-order valence-electron chi connectivity index (χ0n) is 20.7. The molecule has 1 aliphatic rings. The molecule has 0 saturated carbocycles. The van der Waals surface area contributed by atoms with Crippen molar-refractivity contribution in [3.05, 3.63) is 51.6 Å². The minimum atomic E-state index is 0.182. The molecule has 0 N–H and O–H groups in total. The van der Waals surface area contributed by atoms with Crippen molar-refractivity contribution < 1.29 is 18.9 Å². The molecule has 1 fully saturated rings. The third-order valence-electron chi connectivity index (χ3n) is 6.34. The molecule has 0 bridgehead atoms. The molecule has 1 atom stereocenters. The van der Waals surface area contributed by atoms with E-state index in [9.17, 15) is 0 Å². The van der Waals surface area contributed by atoms with Gasteiger partial charge >= 0.3 is 0 Å². The summed E-state index contributed by atoms with van der Waals surface area (Å²) in [5, 5.41) is 2.16. The first kappa shape index (κ1) is 24.4. The predicted molar refractivity (Wildman–Crippen MR) is 137 cm³/mol. The van der Waals surface area contributed by atoms with E-state index in [-0.39, 0.29) is 6.10 Å². The van der Waals surface area contributed by atoms with Crippen molar-refractivity contribution in [2.75, 3.05) is 27.9 Å².